The monoisotopic (exact) mass is 847 g/mol. The highest BCUT2D eigenvalue weighted by Crippen LogP contribution is 2.61. The lowest BCUT2D eigenvalue weighted by molar-refractivity contribution is -0.163. The summed E-state index contributed by atoms with van der Waals surface area (Å²) in [7, 11) is 1.49. The number of carbonyl (C=O) groups excluding carboxylic acids is 4. The first kappa shape index (κ1) is 41.3. The van der Waals surface area contributed by atoms with E-state index in [9.17, 15) is 14.7 Å². The zero-order valence-corrected chi connectivity index (χ0v) is 33.5. The summed E-state index contributed by atoms with van der Waals surface area (Å²) in [5.41, 5.74) is 0.392. The number of fused-ring (bicyclic) bond motifs is 1. The Bertz CT molecular complexity index is 1900. The number of amides is 3. The van der Waals surface area contributed by atoms with Crippen LogP contribution in [-0.2, 0) is 39.8 Å². The number of rotatable bonds is 18. The number of benzene rings is 3. The van der Waals surface area contributed by atoms with Crippen molar-refractivity contribution in [1.82, 2.24) is 10.2 Å². The molecule has 3 aliphatic rings. The lowest BCUT2D eigenvalue weighted by Gasteiger charge is -2.39. The molecular formula is C43H47BrClN3O8. The molecule has 3 amide bonds. The third-order valence-corrected chi connectivity index (χ3v) is 12.0. The molecule has 2 N–H and O–H groups in total. The summed E-state index contributed by atoms with van der Waals surface area (Å²) in [5, 5.41) is 14.2. The fourth-order valence-electron chi connectivity index (χ4n) is 8.53. The molecule has 3 heterocycles. The van der Waals surface area contributed by atoms with Gasteiger partial charge in [-0.15, -0.1) is 13.2 Å². The van der Waals surface area contributed by atoms with E-state index in [4.69, 9.17) is 25.8 Å². The number of ether oxygens (including phenoxy) is 3. The molecule has 0 aliphatic carbocycles. The number of hydrogen-bond acceptors (Lipinski definition) is 8. The van der Waals surface area contributed by atoms with Gasteiger partial charge in [-0.1, -0.05) is 112 Å². The summed E-state index contributed by atoms with van der Waals surface area (Å²) in [4.78, 5) is 60.6. The summed E-state index contributed by atoms with van der Waals surface area (Å²) < 4.78 is 18.7. The number of anilines is 1. The molecule has 1 spiro atoms. The van der Waals surface area contributed by atoms with Crippen molar-refractivity contribution in [1.29, 1.82) is 0 Å². The highest BCUT2D eigenvalue weighted by atomic mass is 79.9. The fourth-order valence-corrected chi connectivity index (χ4v) is 9.71. The maximum absolute atomic E-state index is 15.2. The maximum atomic E-state index is 15.2. The Kier molecular flexibility index (Phi) is 13.5. The van der Waals surface area contributed by atoms with Crippen LogP contribution in [0.1, 0.15) is 36.5 Å². The zero-order chi connectivity index (χ0) is 40.0. The van der Waals surface area contributed by atoms with E-state index in [1.165, 1.54) is 16.9 Å². The lowest BCUT2D eigenvalue weighted by Crippen LogP contribution is -2.59. The summed E-state index contributed by atoms with van der Waals surface area (Å²) in [6.07, 6.45) is 2.48. The molecule has 9 atom stereocenters. The highest BCUT2D eigenvalue weighted by Gasteiger charge is 2.77. The summed E-state index contributed by atoms with van der Waals surface area (Å²) in [5.74, 6) is -4.26. The summed E-state index contributed by atoms with van der Waals surface area (Å²) >= 11 is 10.4. The van der Waals surface area contributed by atoms with Crippen molar-refractivity contribution in [3.8, 4) is 0 Å². The van der Waals surface area contributed by atoms with E-state index in [1.807, 2.05) is 36.4 Å². The third-order valence-electron chi connectivity index (χ3n) is 10.9. The second-order valence-electron chi connectivity index (χ2n) is 14.3. The Labute approximate surface area is 340 Å². The van der Waals surface area contributed by atoms with Crippen LogP contribution in [0.5, 0.6) is 0 Å². The van der Waals surface area contributed by atoms with Crippen LogP contribution in [0.15, 0.2) is 110 Å². The number of hydrogen-bond donors (Lipinski definition) is 2. The van der Waals surface area contributed by atoms with Crippen molar-refractivity contribution < 1.29 is 38.5 Å². The molecule has 1 unspecified atom stereocenters. The van der Waals surface area contributed by atoms with Crippen LogP contribution in [0.3, 0.4) is 0 Å². The van der Waals surface area contributed by atoms with Gasteiger partial charge in [0, 0.05) is 24.9 Å². The number of halogens is 2. The Morgan fingerprint density at radius 1 is 1.07 bits per heavy atom. The number of methoxy groups -OCH3 is 1. The van der Waals surface area contributed by atoms with E-state index < -0.39 is 77.0 Å². The quantitative estimate of drug-likeness (QED) is 0.0962. The Morgan fingerprint density at radius 2 is 1.75 bits per heavy atom. The molecule has 296 valence electrons. The van der Waals surface area contributed by atoms with Crippen LogP contribution in [0, 0.1) is 11.8 Å². The maximum Gasteiger partial charge on any atom is 0.313 e. The molecule has 11 nitrogen and oxygen atoms in total. The SMILES string of the molecule is C=CCCC(=O)N[C@H](COC)[C@H](OC(=O)[C@H]1[C@@H]2O[C@@]3(CC2Br)[C@@H]1C(=O)N([C@@H](CO)Cc1ccccc1)[C@@H]3C(=O)N(CC=C)c1ccccc1Cl)c1ccccc1. The standard InChI is InChI=1S/C43H47BrClN3O8/c1-4-6-21-34(50)46-32(26-54-3)37(28-17-11-8-12-18-28)55-42(53)35-36-40(51)48(29(25-49)23-27-15-9-7-10-16-27)39(43(36)24-30(44)38(35)56-43)41(52)47(22-5-2)33-20-14-13-19-31(33)45/h4-5,7-20,29-30,32,35-39,49H,1-2,6,21-26H2,3H3,(H,46,50)/t29-,30?,32-,35-,36+,37-,38-,39-,43+/m1/s1. The van der Waals surface area contributed by atoms with Gasteiger partial charge >= 0.3 is 5.97 Å². The summed E-state index contributed by atoms with van der Waals surface area (Å²) in [6, 6.07) is 22.4. The molecule has 3 aromatic rings. The van der Waals surface area contributed by atoms with Crippen molar-refractivity contribution >= 4 is 56.9 Å². The van der Waals surface area contributed by atoms with Gasteiger partial charge in [-0.3, -0.25) is 19.2 Å². The first-order chi connectivity index (χ1) is 27.1. The second kappa shape index (κ2) is 18.3. The molecule has 56 heavy (non-hydrogen) atoms. The first-order valence-corrected chi connectivity index (χ1v) is 20.0. The number of likely N-dealkylation sites (tertiary alicyclic amines) is 1. The number of allylic oxidation sites excluding steroid dienone is 1. The summed E-state index contributed by atoms with van der Waals surface area (Å²) in [6.45, 7) is 7.20. The van der Waals surface area contributed by atoms with Crippen LogP contribution >= 0.6 is 27.5 Å². The smallest absolute Gasteiger partial charge is 0.313 e. The molecule has 6 rings (SSSR count). The minimum absolute atomic E-state index is 0.0217. The third kappa shape index (κ3) is 8.08. The van der Waals surface area contributed by atoms with Crippen LogP contribution < -0.4 is 10.2 Å². The topological polar surface area (TPSA) is 135 Å². The first-order valence-electron chi connectivity index (χ1n) is 18.7. The predicted octanol–water partition coefficient (Wildman–Crippen LogP) is 5.59. The number of aliphatic hydroxyl groups is 1. The van der Waals surface area contributed by atoms with Gasteiger partial charge in [-0.2, -0.15) is 0 Å². The van der Waals surface area contributed by atoms with E-state index in [1.54, 1.807) is 60.7 Å². The van der Waals surface area contributed by atoms with Gasteiger partial charge in [0.15, 0.2) is 0 Å². The Balaban J connectivity index is 1.42. The molecular weight excluding hydrogens is 802 g/mol. The fraction of sp³-hybridized carbons (Fsp3) is 0.395. The van der Waals surface area contributed by atoms with Crippen molar-refractivity contribution in [3.63, 3.8) is 0 Å². The minimum atomic E-state index is -1.48. The van der Waals surface area contributed by atoms with Gasteiger partial charge < -0.3 is 34.4 Å². The number of nitrogens with one attached hydrogen (secondary N) is 1. The second-order valence-corrected chi connectivity index (χ2v) is 15.9. The van der Waals surface area contributed by atoms with Gasteiger partial charge in [0.25, 0.3) is 5.91 Å². The van der Waals surface area contributed by atoms with Crippen LogP contribution in [-0.4, -0.2) is 95.2 Å². The van der Waals surface area contributed by atoms with Crippen molar-refractivity contribution in [2.75, 3.05) is 31.8 Å². The highest BCUT2D eigenvalue weighted by molar-refractivity contribution is 9.09. The van der Waals surface area contributed by atoms with Crippen LogP contribution in [0.2, 0.25) is 5.02 Å². The van der Waals surface area contributed by atoms with Crippen LogP contribution in [0.25, 0.3) is 0 Å². The number of aliphatic hydroxyl groups excluding tert-OH is 1. The Morgan fingerprint density at radius 3 is 2.39 bits per heavy atom. The zero-order valence-electron chi connectivity index (χ0n) is 31.2. The Hall–Kier alpha value is -4.33. The molecule has 0 saturated carbocycles. The van der Waals surface area contributed by atoms with Gasteiger partial charge in [-0.25, -0.2) is 0 Å². The van der Waals surface area contributed by atoms with Crippen molar-refractivity contribution in [2.24, 2.45) is 11.8 Å². The number of esters is 1. The molecule has 13 heteroatoms. The van der Waals surface area contributed by atoms with E-state index in [2.05, 4.69) is 34.4 Å². The minimum Gasteiger partial charge on any atom is -0.455 e. The van der Waals surface area contributed by atoms with E-state index in [0.29, 0.717) is 22.7 Å². The number of nitrogens with zero attached hydrogens (tertiary/aromatic N) is 2. The predicted molar refractivity (Wildman–Crippen MR) is 216 cm³/mol. The van der Waals surface area contributed by atoms with Gasteiger partial charge in [0.1, 0.15) is 17.7 Å². The average Bonchev–Trinajstić information content (AvgIpc) is 3.81. The molecule has 3 aromatic carbocycles. The van der Waals surface area contributed by atoms with Gasteiger partial charge in [-0.05, 0) is 42.5 Å². The largest absolute Gasteiger partial charge is 0.455 e. The molecule has 2 bridgehead atoms. The van der Waals surface area contributed by atoms with Crippen molar-refractivity contribution in [2.45, 2.75) is 66.4 Å². The number of para-hydroxylation sites is 1. The number of carbonyl (C=O) groups is 4. The van der Waals surface area contributed by atoms with E-state index in [0.717, 1.165) is 5.56 Å². The normalized spacial score (nSPS) is 25.2. The molecule has 3 aliphatic heterocycles. The van der Waals surface area contributed by atoms with Crippen molar-refractivity contribution in [3.05, 3.63) is 126 Å². The number of alkyl halides is 1. The molecule has 0 radical (unpaired) electrons. The van der Waals surface area contributed by atoms with Gasteiger partial charge in [0.2, 0.25) is 11.8 Å². The lowest BCUT2D eigenvalue weighted by atomic mass is 9.70. The van der Waals surface area contributed by atoms with E-state index in [-0.39, 0.29) is 38.3 Å². The molecule has 0 aromatic heterocycles. The van der Waals surface area contributed by atoms with Gasteiger partial charge in [0.05, 0.1) is 53.9 Å². The van der Waals surface area contributed by atoms with E-state index >= 15 is 9.59 Å². The average molecular weight is 849 g/mol. The molecule has 3 saturated heterocycles. The van der Waals surface area contributed by atoms with Crippen LogP contribution in [0.4, 0.5) is 5.69 Å². The molecule has 3 fully saturated rings.